The van der Waals surface area contributed by atoms with Crippen molar-refractivity contribution >= 4 is 0 Å². The van der Waals surface area contributed by atoms with Crippen molar-refractivity contribution in [2.45, 2.75) is 38.6 Å². The molecule has 1 aliphatic heterocycles. The summed E-state index contributed by atoms with van der Waals surface area (Å²) in [6, 6.07) is 8.91. The van der Waals surface area contributed by atoms with Crippen molar-refractivity contribution in [1.82, 2.24) is 5.32 Å². The van der Waals surface area contributed by atoms with E-state index in [1.165, 1.54) is 17.5 Å². The fourth-order valence-electron chi connectivity index (χ4n) is 2.49. The number of aryl methyl sites for hydroxylation is 1. The molecule has 2 rings (SSSR count). The monoisotopic (exact) mass is 189 g/mol. The van der Waals surface area contributed by atoms with Crippen LogP contribution in [0.4, 0.5) is 0 Å². The number of nitrogens with one attached hydrogen (secondary N) is 1. The minimum atomic E-state index is 0.258. The maximum Gasteiger partial charge on any atom is 0.0194 e. The van der Waals surface area contributed by atoms with Crippen LogP contribution in [0.1, 0.15) is 37.3 Å². The van der Waals surface area contributed by atoms with Crippen molar-refractivity contribution in [3.63, 3.8) is 0 Å². The van der Waals surface area contributed by atoms with Crippen molar-refractivity contribution in [3.05, 3.63) is 35.4 Å². The van der Waals surface area contributed by atoms with Crippen molar-refractivity contribution in [3.8, 4) is 0 Å². The van der Waals surface area contributed by atoms with Gasteiger partial charge in [-0.3, -0.25) is 0 Å². The highest BCUT2D eigenvalue weighted by atomic mass is 15.0. The molecule has 0 bridgehead atoms. The average Bonchev–Trinajstić information content (AvgIpc) is 2.45. The Bertz CT molecular complexity index is 328. The molecule has 1 aromatic carbocycles. The standard InChI is InChI=1S/C13H19N/c1-10-5-4-6-11(9-10)12-7-8-14-13(12,2)3/h4-6,9,12,14H,7-8H2,1-3H3. The van der Waals surface area contributed by atoms with Gasteiger partial charge in [0, 0.05) is 11.5 Å². The van der Waals surface area contributed by atoms with E-state index in [4.69, 9.17) is 0 Å². The lowest BCUT2D eigenvalue weighted by molar-refractivity contribution is 0.411. The van der Waals surface area contributed by atoms with E-state index in [0.29, 0.717) is 5.92 Å². The predicted octanol–water partition coefficient (Wildman–Crippen LogP) is 2.85. The second-order valence-corrected chi connectivity index (χ2v) is 4.90. The smallest absolute Gasteiger partial charge is 0.0194 e. The summed E-state index contributed by atoms with van der Waals surface area (Å²) >= 11 is 0. The Morgan fingerprint density at radius 2 is 2.14 bits per heavy atom. The molecule has 1 saturated heterocycles. The highest BCUT2D eigenvalue weighted by Crippen LogP contribution is 2.35. The first-order valence-corrected chi connectivity index (χ1v) is 5.41. The minimum Gasteiger partial charge on any atom is -0.311 e. The summed E-state index contributed by atoms with van der Waals surface area (Å²) in [5.74, 6) is 0.669. The molecule has 0 spiro atoms. The molecular formula is C13H19N. The van der Waals surface area contributed by atoms with E-state index in [2.05, 4.69) is 50.4 Å². The van der Waals surface area contributed by atoms with E-state index in [0.717, 1.165) is 6.54 Å². The van der Waals surface area contributed by atoms with Gasteiger partial charge in [-0.15, -0.1) is 0 Å². The van der Waals surface area contributed by atoms with Crippen molar-refractivity contribution in [2.75, 3.05) is 6.54 Å². The molecule has 1 fully saturated rings. The van der Waals surface area contributed by atoms with Crippen LogP contribution in [0.3, 0.4) is 0 Å². The van der Waals surface area contributed by atoms with Crippen LogP contribution in [0.2, 0.25) is 0 Å². The lowest BCUT2D eigenvalue weighted by Gasteiger charge is -2.27. The summed E-state index contributed by atoms with van der Waals surface area (Å²) in [4.78, 5) is 0. The summed E-state index contributed by atoms with van der Waals surface area (Å²) in [5, 5.41) is 3.56. The summed E-state index contributed by atoms with van der Waals surface area (Å²) in [6.45, 7) is 7.91. The van der Waals surface area contributed by atoms with E-state index in [1.54, 1.807) is 0 Å². The topological polar surface area (TPSA) is 12.0 Å². The van der Waals surface area contributed by atoms with Crippen LogP contribution < -0.4 is 5.32 Å². The van der Waals surface area contributed by atoms with Gasteiger partial charge in [-0.1, -0.05) is 29.8 Å². The zero-order valence-corrected chi connectivity index (χ0v) is 9.30. The summed E-state index contributed by atoms with van der Waals surface area (Å²) in [7, 11) is 0. The van der Waals surface area contributed by atoms with Gasteiger partial charge in [-0.25, -0.2) is 0 Å². The molecule has 1 N–H and O–H groups in total. The number of hydrogen-bond acceptors (Lipinski definition) is 1. The van der Waals surface area contributed by atoms with Crippen LogP contribution in [0.25, 0.3) is 0 Å². The summed E-state index contributed by atoms with van der Waals surface area (Å²) in [5.41, 5.74) is 3.11. The molecule has 0 radical (unpaired) electrons. The first kappa shape index (κ1) is 9.72. The van der Waals surface area contributed by atoms with Gasteiger partial charge in [-0.2, -0.15) is 0 Å². The highest BCUT2D eigenvalue weighted by molar-refractivity contribution is 5.29. The lowest BCUT2D eigenvalue weighted by Crippen LogP contribution is -2.36. The Hall–Kier alpha value is -0.820. The Balaban J connectivity index is 2.31. The molecule has 0 saturated carbocycles. The first-order chi connectivity index (χ1) is 6.59. The normalized spacial score (nSPS) is 25.2. The molecule has 1 heteroatoms. The Labute approximate surface area is 86.5 Å². The van der Waals surface area contributed by atoms with E-state index >= 15 is 0 Å². The fraction of sp³-hybridized carbons (Fsp3) is 0.538. The molecule has 1 aromatic rings. The maximum absolute atomic E-state index is 3.56. The predicted molar refractivity (Wildman–Crippen MR) is 60.6 cm³/mol. The molecule has 0 aliphatic carbocycles. The molecule has 1 unspecified atom stereocenters. The summed E-state index contributed by atoms with van der Waals surface area (Å²) in [6.07, 6.45) is 1.26. The van der Waals surface area contributed by atoms with Crippen LogP contribution in [0.15, 0.2) is 24.3 Å². The Morgan fingerprint density at radius 3 is 2.71 bits per heavy atom. The van der Waals surface area contributed by atoms with Crippen molar-refractivity contribution in [2.24, 2.45) is 0 Å². The summed E-state index contributed by atoms with van der Waals surface area (Å²) < 4.78 is 0. The molecule has 14 heavy (non-hydrogen) atoms. The largest absolute Gasteiger partial charge is 0.311 e. The van der Waals surface area contributed by atoms with Gasteiger partial charge in [0.05, 0.1) is 0 Å². The van der Waals surface area contributed by atoms with Gasteiger partial charge in [0.2, 0.25) is 0 Å². The SMILES string of the molecule is Cc1cccc(C2CCNC2(C)C)c1. The van der Waals surface area contributed by atoms with Gasteiger partial charge < -0.3 is 5.32 Å². The zero-order chi connectivity index (χ0) is 10.2. The van der Waals surface area contributed by atoms with E-state index in [9.17, 15) is 0 Å². The average molecular weight is 189 g/mol. The number of benzene rings is 1. The molecule has 1 heterocycles. The van der Waals surface area contributed by atoms with E-state index in [1.807, 2.05) is 0 Å². The molecule has 0 amide bonds. The van der Waals surface area contributed by atoms with Crippen LogP contribution in [-0.2, 0) is 0 Å². The molecular weight excluding hydrogens is 170 g/mol. The van der Waals surface area contributed by atoms with E-state index in [-0.39, 0.29) is 5.54 Å². The molecule has 1 atom stereocenters. The van der Waals surface area contributed by atoms with Crippen LogP contribution >= 0.6 is 0 Å². The maximum atomic E-state index is 3.56. The first-order valence-electron chi connectivity index (χ1n) is 5.41. The van der Waals surface area contributed by atoms with Crippen LogP contribution in [-0.4, -0.2) is 12.1 Å². The Kier molecular flexibility index (Phi) is 2.36. The quantitative estimate of drug-likeness (QED) is 0.716. The van der Waals surface area contributed by atoms with Gasteiger partial charge in [0.25, 0.3) is 0 Å². The highest BCUT2D eigenvalue weighted by Gasteiger charge is 2.34. The molecule has 0 aromatic heterocycles. The molecule has 1 nitrogen and oxygen atoms in total. The third-order valence-corrected chi connectivity index (χ3v) is 3.33. The lowest BCUT2D eigenvalue weighted by atomic mass is 9.83. The van der Waals surface area contributed by atoms with Gasteiger partial charge in [0.15, 0.2) is 0 Å². The van der Waals surface area contributed by atoms with E-state index < -0.39 is 0 Å². The second kappa shape index (κ2) is 3.39. The second-order valence-electron chi connectivity index (χ2n) is 4.90. The van der Waals surface area contributed by atoms with Gasteiger partial charge >= 0.3 is 0 Å². The fourth-order valence-corrected chi connectivity index (χ4v) is 2.49. The number of hydrogen-bond donors (Lipinski definition) is 1. The van der Waals surface area contributed by atoms with Crippen molar-refractivity contribution < 1.29 is 0 Å². The van der Waals surface area contributed by atoms with Crippen LogP contribution in [0, 0.1) is 6.92 Å². The van der Waals surface area contributed by atoms with Gasteiger partial charge in [-0.05, 0) is 39.3 Å². The molecule has 1 aliphatic rings. The minimum absolute atomic E-state index is 0.258. The van der Waals surface area contributed by atoms with Gasteiger partial charge in [0.1, 0.15) is 0 Å². The zero-order valence-electron chi connectivity index (χ0n) is 9.30. The molecule has 76 valence electrons. The third-order valence-electron chi connectivity index (χ3n) is 3.33. The number of rotatable bonds is 1. The Morgan fingerprint density at radius 1 is 1.36 bits per heavy atom. The van der Waals surface area contributed by atoms with Crippen LogP contribution in [0.5, 0.6) is 0 Å². The third kappa shape index (κ3) is 1.69. The van der Waals surface area contributed by atoms with Crippen molar-refractivity contribution in [1.29, 1.82) is 0 Å².